The van der Waals surface area contributed by atoms with E-state index in [0.717, 1.165) is 6.42 Å². The van der Waals surface area contributed by atoms with E-state index in [-0.39, 0.29) is 11.7 Å². The zero-order valence-corrected chi connectivity index (χ0v) is 20.0. The van der Waals surface area contributed by atoms with Gasteiger partial charge in [0.2, 0.25) is 0 Å². The molecule has 0 saturated carbocycles. The Labute approximate surface area is 189 Å². The Bertz CT molecular complexity index is 994. The highest BCUT2D eigenvalue weighted by molar-refractivity contribution is 6.33. The highest BCUT2D eigenvalue weighted by Gasteiger charge is 2.33. The third-order valence-electron chi connectivity index (χ3n) is 5.72. The highest BCUT2D eigenvalue weighted by atomic mass is 35.5. The fourth-order valence-corrected chi connectivity index (χ4v) is 3.95. The molecular weight excluding hydrogens is 416 g/mol. The van der Waals surface area contributed by atoms with Gasteiger partial charge in [0, 0.05) is 24.8 Å². The first kappa shape index (κ1) is 24.7. The minimum atomic E-state index is -0.729. The van der Waals surface area contributed by atoms with E-state index in [9.17, 15) is 14.4 Å². The Hall–Kier alpha value is -2.60. The summed E-state index contributed by atoms with van der Waals surface area (Å²) in [7, 11) is 3.03. The van der Waals surface area contributed by atoms with E-state index < -0.39 is 12.0 Å². The normalized spacial score (nSPS) is 12.0. The number of halogens is 1. The van der Waals surface area contributed by atoms with Crippen LogP contribution in [0.1, 0.15) is 69.7 Å². The molecule has 1 unspecified atom stereocenters. The van der Waals surface area contributed by atoms with Crippen LogP contribution in [-0.2, 0) is 11.8 Å². The summed E-state index contributed by atoms with van der Waals surface area (Å²) in [5.41, 5.74) is 2.35. The number of ketones is 1. The number of rotatable bonds is 8. The Morgan fingerprint density at radius 3 is 2.29 bits per heavy atom. The summed E-state index contributed by atoms with van der Waals surface area (Å²) in [6.45, 7) is 9.79. The van der Waals surface area contributed by atoms with Gasteiger partial charge in [0.15, 0.2) is 5.78 Å². The van der Waals surface area contributed by atoms with Crippen molar-refractivity contribution in [2.45, 2.75) is 47.1 Å². The molecule has 1 aromatic heterocycles. The summed E-state index contributed by atoms with van der Waals surface area (Å²) in [6, 6.07) is 6.11. The molecule has 0 N–H and O–H groups in total. The predicted octanol–water partition coefficient (Wildman–Crippen LogP) is 4.84. The van der Waals surface area contributed by atoms with Gasteiger partial charge < -0.3 is 14.2 Å². The van der Waals surface area contributed by atoms with Crippen LogP contribution < -0.4 is 0 Å². The van der Waals surface area contributed by atoms with Gasteiger partial charge in [-0.3, -0.25) is 9.59 Å². The third-order valence-corrected chi connectivity index (χ3v) is 6.04. The lowest BCUT2D eigenvalue weighted by Crippen LogP contribution is -2.44. The summed E-state index contributed by atoms with van der Waals surface area (Å²) >= 11 is 6.27. The van der Waals surface area contributed by atoms with Gasteiger partial charge in [-0.1, -0.05) is 37.6 Å². The van der Waals surface area contributed by atoms with Crippen LogP contribution in [-0.4, -0.2) is 46.8 Å². The fourth-order valence-electron chi connectivity index (χ4n) is 3.73. The zero-order valence-electron chi connectivity index (χ0n) is 19.3. The van der Waals surface area contributed by atoms with Crippen molar-refractivity contribution in [3.05, 3.63) is 57.4 Å². The number of hydrogen-bond donors (Lipinski definition) is 0. The first-order valence-corrected chi connectivity index (χ1v) is 10.7. The quantitative estimate of drug-likeness (QED) is 0.429. The zero-order chi connectivity index (χ0) is 23.5. The molecule has 0 bridgehead atoms. The molecule has 0 radical (unpaired) electrons. The van der Waals surface area contributed by atoms with Crippen LogP contribution in [0.3, 0.4) is 0 Å². The molecule has 31 heavy (non-hydrogen) atoms. The van der Waals surface area contributed by atoms with Crippen molar-refractivity contribution in [2.24, 2.45) is 13.0 Å². The summed E-state index contributed by atoms with van der Waals surface area (Å²) in [6.07, 6.45) is 0.744. The summed E-state index contributed by atoms with van der Waals surface area (Å²) in [5, 5.41) is 0.349. The summed E-state index contributed by atoms with van der Waals surface area (Å²) < 4.78 is 6.54. The maximum atomic E-state index is 13.6. The molecule has 1 amide bonds. The molecule has 0 fully saturated rings. The summed E-state index contributed by atoms with van der Waals surface area (Å²) in [4.78, 5) is 40.7. The maximum Gasteiger partial charge on any atom is 0.354 e. The fraction of sp³-hybridized carbons (Fsp3) is 0.458. The van der Waals surface area contributed by atoms with Gasteiger partial charge in [-0.2, -0.15) is 0 Å². The Morgan fingerprint density at radius 1 is 1.13 bits per heavy atom. The van der Waals surface area contributed by atoms with Gasteiger partial charge in [-0.15, -0.1) is 0 Å². The number of nitrogens with zero attached hydrogens (tertiary/aromatic N) is 2. The first-order chi connectivity index (χ1) is 14.5. The monoisotopic (exact) mass is 446 g/mol. The van der Waals surface area contributed by atoms with Gasteiger partial charge in [0.25, 0.3) is 5.91 Å². The molecular formula is C24H31ClN2O4. The molecule has 1 aromatic carbocycles. The molecule has 0 aliphatic heterocycles. The van der Waals surface area contributed by atoms with Crippen LogP contribution in [0.25, 0.3) is 0 Å². The third kappa shape index (κ3) is 5.01. The van der Waals surface area contributed by atoms with E-state index >= 15 is 0 Å². The number of ether oxygens (including phenoxy) is 1. The van der Waals surface area contributed by atoms with Crippen molar-refractivity contribution in [1.29, 1.82) is 0 Å². The molecule has 0 saturated heterocycles. The lowest BCUT2D eigenvalue weighted by Gasteiger charge is -2.30. The molecule has 0 spiro atoms. The SMILES string of the molecule is COC(=O)c1c(C)c(C(=O)C(C)N(CCC(C)C)C(=O)c2ccccc2Cl)c(C)n1C. The molecule has 7 heteroatoms. The number of carbonyl (C=O) groups excluding carboxylic acids is 3. The van der Waals surface area contributed by atoms with Crippen LogP contribution in [0.15, 0.2) is 24.3 Å². The van der Waals surface area contributed by atoms with Crippen molar-refractivity contribution >= 4 is 29.3 Å². The van der Waals surface area contributed by atoms with Gasteiger partial charge in [-0.25, -0.2) is 4.79 Å². The molecule has 168 valence electrons. The standard InChI is InChI=1S/C24H31ClN2O4/c1-14(2)12-13-27(23(29)18-10-8-9-11-19(18)25)17(5)22(28)20-15(3)21(24(30)31-7)26(6)16(20)4/h8-11,14,17H,12-13H2,1-7H3. The average Bonchev–Trinajstić information content (AvgIpc) is 2.95. The molecule has 1 atom stereocenters. The highest BCUT2D eigenvalue weighted by Crippen LogP contribution is 2.26. The van der Waals surface area contributed by atoms with Crippen LogP contribution >= 0.6 is 11.6 Å². The van der Waals surface area contributed by atoms with Crippen molar-refractivity contribution in [1.82, 2.24) is 9.47 Å². The second-order valence-corrected chi connectivity index (χ2v) is 8.59. The molecule has 6 nitrogen and oxygen atoms in total. The van der Waals surface area contributed by atoms with Crippen molar-refractivity contribution in [2.75, 3.05) is 13.7 Å². The molecule has 2 aromatic rings. The number of methoxy groups -OCH3 is 1. The number of Topliss-reactive ketones (excluding diaryl/α,β-unsaturated/α-hetero) is 1. The number of hydrogen-bond acceptors (Lipinski definition) is 4. The Morgan fingerprint density at radius 2 is 1.74 bits per heavy atom. The number of esters is 1. The van der Waals surface area contributed by atoms with E-state index in [1.54, 1.807) is 61.6 Å². The minimum absolute atomic E-state index is 0.218. The lowest BCUT2D eigenvalue weighted by atomic mass is 9.98. The first-order valence-electron chi connectivity index (χ1n) is 10.4. The van der Waals surface area contributed by atoms with E-state index in [4.69, 9.17) is 16.3 Å². The smallest absolute Gasteiger partial charge is 0.354 e. The lowest BCUT2D eigenvalue weighted by molar-refractivity contribution is 0.0587. The second-order valence-electron chi connectivity index (χ2n) is 8.19. The maximum absolute atomic E-state index is 13.6. The van der Waals surface area contributed by atoms with Crippen LogP contribution in [0.5, 0.6) is 0 Å². The van der Waals surface area contributed by atoms with Crippen molar-refractivity contribution in [3.8, 4) is 0 Å². The van der Waals surface area contributed by atoms with Crippen LogP contribution in [0, 0.1) is 19.8 Å². The van der Waals surface area contributed by atoms with E-state index in [0.29, 0.717) is 45.6 Å². The molecule has 2 rings (SSSR count). The van der Waals surface area contributed by atoms with Crippen molar-refractivity contribution < 1.29 is 19.1 Å². The topological polar surface area (TPSA) is 68.6 Å². The molecule has 0 aliphatic rings. The van der Waals surface area contributed by atoms with Crippen LogP contribution in [0.4, 0.5) is 0 Å². The number of carbonyl (C=O) groups is 3. The number of benzene rings is 1. The number of aromatic nitrogens is 1. The van der Waals surface area contributed by atoms with E-state index in [2.05, 4.69) is 13.8 Å². The predicted molar refractivity (Wildman–Crippen MR) is 122 cm³/mol. The van der Waals surface area contributed by atoms with Gasteiger partial charge in [0.05, 0.1) is 23.7 Å². The van der Waals surface area contributed by atoms with Gasteiger partial charge in [-0.05, 0) is 50.8 Å². The van der Waals surface area contributed by atoms with Crippen LogP contribution in [0.2, 0.25) is 5.02 Å². The Balaban J connectivity index is 2.49. The molecule has 0 aliphatic carbocycles. The Kier molecular flexibility index (Phi) is 8.07. The van der Waals surface area contributed by atoms with Crippen molar-refractivity contribution in [3.63, 3.8) is 0 Å². The van der Waals surface area contributed by atoms with E-state index in [1.165, 1.54) is 7.11 Å². The second kappa shape index (κ2) is 10.1. The molecule has 1 heterocycles. The van der Waals surface area contributed by atoms with Gasteiger partial charge >= 0.3 is 5.97 Å². The average molecular weight is 447 g/mol. The largest absolute Gasteiger partial charge is 0.464 e. The van der Waals surface area contributed by atoms with Gasteiger partial charge in [0.1, 0.15) is 5.69 Å². The number of amides is 1. The van der Waals surface area contributed by atoms with E-state index in [1.807, 2.05) is 0 Å². The summed E-state index contributed by atoms with van der Waals surface area (Å²) in [5.74, 6) is -0.648. The minimum Gasteiger partial charge on any atom is -0.464 e.